The van der Waals surface area contributed by atoms with Crippen molar-refractivity contribution >= 4 is 5.97 Å². The van der Waals surface area contributed by atoms with Crippen molar-refractivity contribution in [1.82, 2.24) is 0 Å². The average molecular weight is 208 g/mol. The number of hydrogen-bond acceptors (Lipinski definition) is 2. The van der Waals surface area contributed by atoms with Crippen LogP contribution in [0.15, 0.2) is 12.1 Å². The summed E-state index contributed by atoms with van der Waals surface area (Å²) in [4.78, 5) is 11.1. The molecule has 0 radical (unpaired) electrons. The van der Waals surface area contributed by atoms with Gasteiger partial charge in [-0.1, -0.05) is 12.1 Å². The van der Waals surface area contributed by atoms with Crippen LogP contribution in [0.3, 0.4) is 0 Å². The molecule has 0 aliphatic carbocycles. The second kappa shape index (κ2) is 4.34. The fourth-order valence-corrected chi connectivity index (χ4v) is 1.44. The molecule has 3 nitrogen and oxygen atoms in total. The lowest BCUT2D eigenvalue weighted by Crippen LogP contribution is -2.12. The molecule has 1 rings (SSSR count). The van der Waals surface area contributed by atoms with Crippen LogP contribution in [0.2, 0.25) is 0 Å². The number of aromatic carboxylic acids is 1. The van der Waals surface area contributed by atoms with Crippen molar-refractivity contribution in [2.24, 2.45) is 0 Å². The van der Waals surface area contributed by atoms with Crippen LogP contribution >= 0.6 is 0 Å². The Hall–Kier alpha value is -1.51. The van der Waals surface area contributed by atoms with Crippen LogP contribution < -0.4 is 4.74 Å². The Labute approximate surface area is 89.7 Å². The molecule has 0 heterocycles. The number of carbonyl (C=O) groups is 1. The van der Waals surface area contributed by atoms with E-state index < -0.39 is 5.97 Å². The van der Waals surface area contributed by atoms with E-state index in [2.05, 4.69) is 0 Å². The summed E-state index contributed by atoms with van der Waals surface area (Å²) < 4.78 is 5.54. The molecule has 3 heteroatoms. The van der Waals surface area contributed by atoms with Crippen LogP contribution in [0.5, 0.6) is 5.75 Å². The molecule has 0 fully saturated rings. The summed E-state index contributed by atoms with van der Waals surface area (Å²) in [5.41, 5.74) is 1.85. The van der Waals surface area contributed by atoms with Gasteiger partial charge in [-0.25, -0.2) is 4.79 Å². The highest BCUT2D eigenvalue weighted by atomic mass is 16.5. The number of rotatable bonds is 3. The number of benzene rings is 1. The first kappa shape index (κ1) is 11.6. The van der Waals surface area contributed by atoms with Crippen LogP contribution in [0.25, 0.3) is 0 Å². The minimum Gasteiger partial charge on any atom is -0.490 e. The Kier molecular flexibility index (Phi) is 3.35. The molecule has 0 saturated carbocycles. The average Bonchev–Trinajstić information content (AvgIpc) is 2.10. The van der Waals surface area contributed by atoms with Crippen LogP contribution in [0, 0.1) is 13.8 Å². The molecule has 0 aliphatic rings. The molecule has 15 heavy (non-hydrogen) atoms. The molecular formula is C12H16O3. The lowest BCUT2D eigenvalue weighted by molar-refractivity contribution is 0.0689. The molecule has 0 saturated heterocycles. The van der Waals surface area contributed by atoms with Gasteiger partial charge in [0.25, 0.3) is 0 Å². The summed E-state index contributed by atoms with van der Waals surface area (Å²) in [5.74, 6) is -0.454. The molecular weight excluding hydrogens is 192 g/mol. The van der Waals surface area contributed by atoms with Gasteiger partial charge in [-0.15, -0.1) is 0 Å². The third-order valence-electron chi connectivity index (χ3n) is 2.13. The van der Waals surface area contributed by atoms with Gasteiger partial charge in [-0.2, -0.15) is 0 Å². The van der Waals surface area contributed by atoms with E-state index in [1.54, 1.807) is 13.0 Å². The zero-order chi connectivity index (χ0) is 11.6. The largest absolute Gasteiger partial charge is 0.490 e. The molecule has 0 amide bonds. The highest BCUT2D eigenvalue weighted by Crippen LogP contribution is 2.27. The minimum absolute atomic E-state index is 0.0244. The van der Waals surface area contributed by atoms with E-state index in [1.807, 2.05) is 26.8 Å². The smallest absolute Gasteiger partial charge is 0.339 e. The summed E-state index contributed by atoms with van der Waals surface area (Å²) in [6.07, 6.45) is -0.0244. The summed E-state index contributed by atoms with van der Waals surface area (Å²) in [6, 6.07) is 3.67. The molecule has 0 aromatic heterocycles. The summed E-state index contributed by atoms with van der Waals surface area (Å²) >= 11 is 0. The lowest BCUT2D eigenvalue weighted by Gasteiger charge is -2.16. The minimum atomic E-state index is -0.938. The van der Waals surface area contributed by atoms with Gasteiger partial charge >= 0.3 is 5.97 Å². The summed E-state index contributed by atoms with van der Waals surface area (Å²) in [6.45, 7) is 7.39. The van der Waals surface area contributed by atoms with E-state index in [0.717, 1.165) is 11.1 Å². The lowest BCUT2D eigenvalue weighted by atomic mass is 10.0. The second-order valence-electron chi connectivity index (χ2n) is 3.88. The monoisotopic (exact) mass is 208 g/mol. The Morgan fingerprint density at radius 3 is 2.27 bits per heavy atom. The molecule has 0 unspecified atom stereocenters. The Balaban J connectivity index is 3.31. The second-order valence-corrected chi connectivity index (χ2v) is 3.88. The van der Waals surface area contributed by atoms with Crippen molar-refractivity contribution in [2.75, 3.05) is 0 Å². The fourth-order valence-electron chi connectivity index (χ4n) is 1.44. The fraction of sp³-hybridized carbons (Fsp3) is 0.417. The van der Waals surface area contributed by atoms with E-state index >= 15 is 0 Å². The Morgan fingerprint density at radius 1 is 1.27 bits per heavy atom. The van der Waals surface area contributed by atoms with E-state index in [4.69, 9.17) is 9.84 Å². The first-order valence-electron chi connectivity index (χ1n) is 4.93. The quantitative estimate of drug-likeness (QED) is 0.830. The number of ether oxygens (including phenoxy) is 1. The Morgan fingerprint density at radius 2 is 1.80 bits per heavy atom. The molecule has 1 N–H and O–H groups in total. The molecule has 1 aromatic carbocycles. The maximum Gasteiger partial charge on any atom is 0.339 e. The van der Waals surface area contributed by atoms with Gasteiger partial charge in [0.05, 0.1) is 6.10 Å². The van der Waals surface area contributed by atoms with Crippen LogP contribution in [0.4, 0.5) is 0 Å². The van der Waals surface area contributed by atoms with Gasteiger partial charge in [-0.05, 0) is 38.8 Å². The molecule has 0 bridgehead atoms. The first-order chi connectivity index (χ1) is 6.93. The molecule has 82 valence electrons. The third-order valence-corrected chi connectivity index (χ3v) is 2.13. The molecule has 0 spiro atoms. The van der Waals surface area contributed by atoms with E-state index in [1.165, 1.54) is 0 Å². The standard InChI is InChI=1S/C12H16O3/c1-7(2)15-11-9(4)6-5-8(3)10(11)12(13)14/h5-7H,1-4H3,(H,13,14). The van der Waals surface area contributed by atoms with Crippen molar-refractivity contribution in [1.29, 1.82) is 0 Å². The predicted octanol–water partition coefficient (Wildman–Crippen LogP) is 2.79. The van der Waals surface area contributed by atoms with Crippen molar-refractivity contribution in [2.45, 2.75) is 33.8 Å². The van der Waals surface area contributed by atoms with Gasteiger partial charge in [0.2, 0.25) is 0 Å². The molecule has 1 aromatic rings. The zero-order valence-corrected chi connectivity index (χ0v) is 9.50. The SMILES string of the molecule is Cc1ccc(C)c(C(=O)O)c1OC(C)C. The number of carboxylic acids is 1. The van der Waals surface area contributed by atoms with Gasteiger partial charge < -0.3 is 9.84 Å². The number of carboxylic acid groups (broad SMARTS) is 1. The van der Waals surface area contributed by atoms with E-state index in [-0.39, 0.29) is 11.7 Å². The van der Waals surface area contributed by atoms with Gasteiger partial charge in [0.1, 0.15) is 11.3 Å². The topological polar surface area (TPSA) is 46.5 Å². The summed E-state index contributed by atoms with van der Waals surface area (Å²) in [5, 5.41) is 9.10. The van der Waals surface area contributed by atoms with Gasteiger partial charge in [-0.3, -0.25) is 0 Å². The van der Waals surface area contributed by atoms with Crippen LogP contribution in [-0.2, 0) is 0 Å². The van der Waals surface area contributed by atoms with E-state index in [9.17, 15) is 4.79 Å². The number of aryl methyl sites for hydroxylation is 2. The Bertz CT molecular complexity index is 381. The van der Waals surface area contributed by atoms with Crippen LogP contribution in [-0.4, -0.2) is 17.2 Å². The maximum absolute atomic E-state index is 11.1. The summed E-state index contributed by atoms with van der Waals surface area (Å²) in [7, 11) is 0. The molecule has 0 aliphatic heterocycles. The van der Waals surface area contributed by atoms with Crippen molar-refractivity contribution in [3.8, 4) is 5.75 Å². The molecule has 0 atom stereocenters. The van der Waals surface area contributed by atoms with Gasteiger partial charge in [0, 0.05) is 0 Å². The van der Waals surface area contributed by atoms with E-state index in [0.29, 0.717) is 5.75 Å². The highest BCUT2D eigenvalue weighted by molar-refractivity contribution is 5.93. The first-order valence-corrected chi connectivity index (χ1v) is 4.93. The number of hydrogen-bond donors (Lipinski definition) is 1. The van der Waals surface area contributed by atoms with Crippen LogP contribution in [0.1, 0.15) is 35.3 Å². The predicted molar refractivity (Wildman–Crippen MR) is 58.6 cm³/mol. The van der Waals surface area contributed by atoms with Crippen molar-refractivity contribution in [3.05, 3.63) is 28.8 Å². The zero-order valence-electron chi connectivity index (χ0n) is 9.50. The third kappa shape index (κ3) is 2.49. The maximum atomic E-state index is 11.1. The van der Waals surface area contributed by atoms with Crippen molar-refractivity contribution in [3.63, 3.8) is 0 Å². The van der Waals surface area contributed by atoms with Gasteiger partial charge in [0.15, 0.2) is 0 Å². The van der Waals surface area contributed by atoms with Crippen molar-refractivity contribution < 1.29 is 14.6 Å². The highest BCUT2D eigenvalue weighted by Gasteiger charge is 2.17. The normalized spacial score (nSPS) is 10.5.